The average molecular weight is 1100 g/mol. The van der Waals surface area contributed by atoms with Crippen molar-refractivity contribution >= 4 is 17.9 Å². The summed E-state index contributed by atoms with van der Waals surface area (Å²) in [5.74, 6) is -2.05. The van der Waals surface area contributed by atoms with Gasteiger partial charge in [-0.05, 0) is 51.4 Å². The number of carboxylic acid groups (broad SMARTS) is 1. The lowest BCUT2D eigenvalue weighted by Gasteiger charge is -2.25. The van der Waals surface area contributed by atoms with Gasteiger partial charge in [0.1, 0.15) is 13.2 Å². The van der Waals surface area contributed by atoms with Gasteiger partial charge in [0.25, 0.3) is 6.29 Å². The Kier molecular flexibility index (Phi) is 58.2. The van der Waals surface area contributed by atoms with Gasteiger partial charge in [-0.25, -0.2) is 4.79 Å². The number of carboxylic acids is 1. The van der Waals surface area contributed by atoms with Gasteiger partial charge in [-0.1, -0.05) is 300 Å². The zero-order valence-corrected chi connectivity index (χ0v) is 52.1. The highest BCUT2D eigenvalue weighted by atomic mass is 16.7. The van der Waals surface area contributed by atoms with Crippen LogP contribution in [0.5, 0.6) is 0 Å². The van der Waals surface area contributed by atoms with Gasteiger partial charge >= 0.3 is 17.9 Å². The molecule has 78 heavy (non-hydrogen) atoms. The lowest BCUT2D eigenvalue weighted by molar-refractivity contribution is -0.870. The molecule has 0 aliphatic carbocycles. The average Bonchev–Trinajstić information content (AvgIpc) is 3.41. The van der Waals surface area contributed by atoms with Crippen LogP contribution in [0.25, 0.3) is 0 Å². The predicted octanol–water partition coefficient (Wildman–Crippen LogP) is 20.2. The number of rotatable bonds is 62. The minimum Gasteiger partial charge on any atom is -0.477 e. The first-order valence-corrected chi connectivity index (χ1v) is 33.3. The van der Waals surface area contributed by atoms with Gasteiger partial charge in [-0.3, -0.25) is 9.59 Å². The maximum absolute atomic E-state index is 12.8. The topological polar surface area (TPSA) is 108 Å². The number of aliphatic carboxylic acids is 1. The smallest absolute Gasteiger partial charge is 0.361 e. The van der Waals surface area contributed by atoms with Crippen LogP contribution < -0.4 is 0 Å². The fourth-order valence-electron chi connectivity index (χ4n) is 9.77. The normalized spacial score (nSPS) is 13.0. The summed E-state index contributed by atoms with van der Waals surface area (Å²) >= 11 is 0. The minimum atomic E-state index is -1.52. The van der Waals surface area contributed by atoms with Gasteiger partial charge in [-0.15, -0.1) is 0 Å². The Bertz CT molecular complexity index is 1420. The minimum absolute atomic E-state index is 0.180. The molecule has 0 saturated heterocycles. The standard InChI is InChI=1S/C69H127NO8/c1-6-8-10-12-14-16-18-20-22-23-24-25-26-27-28-29-30-31-32-33-34-35-36-37-38-39-40-41-42-43-44-46-47-49-51-53-55-57-59-66(71)76-63-65(64-77-69(68(73)74)75-62-61-70(3,4)5)78-67(72)60-58-56-54-52-50-48-45-21-19-17-15-13-11-9-7-2/h9,11,15,17,21,45,50,52,65,69H,6-8,10,12-14,16,18-20,22-44,46-49,51,53-64H2,1-5H3/p+1/b11-9-,17-15-,45-21-,52-50-. The summed E-state index contributed by atoms with van der Waals surface area (Å²) in [5, 5.41) is 9.70. The molecular weight excluding hydrogens is 971 g/mol. The Morgan fingerprint density at radius 1 is 0.397 bits per heavy atom. The van der Waals surface area contributed by atoms with E-state index in [4.69, 9.17) is 18.9 Å². The second kappa shape index (κ2) is 60.3. The number of esters is 2. The van der Waals surface area contributed by atoms with Gasteiger partial charge in [0.15, 0.2) is 6.10 Å². The number of carbonyl (C=O) groups is 3. The van der Waals surface area contributed by atoms with Crippen molar-refractivity contribution in [3.63, 3.8) is 0 Å². The van der Waals surface area contributed by atoms with E-state index in [0.717, 1.165) is 57.8 Å². The zero-order chi connectivity index (χ0) is 56.9. The molecule has 0 aromatic heterocycles. The maximum Gasteiger partial charge on any atom is 0.361 e. The molecule has 2 unspecified atom stereocenters. The van der Waals surface area contributed by atoms with Crippen LogP contribution in [0.4, 0.5) is 0 Å². The van der Waals surface area contributed by atoms with Crippen molar-refractivity contribution in [3.05, 3.63) is 48.6 Å². The number of carbonyl (C=O) groups excluding carboxylic acids is 2. The number of hydrogen-bond acceptors (Lipinski definition) is 7. The van der Waals surface area contributed by atoms with Crippen molar-refractivity contribution in [2.45, 2.75) is 328 Å². The molecule has 0 bridgehead atoms. The second-order valence-electron chi connectivity index (χ2n) is 23.8. The summed E-state index contributed by atoms with van der Waals surface area (Å²) in [7, 11) is 5.96. The van der Waals surface area contributed by atoms with E-state index in [2.05, 4.69) is 62.5 Å². The van der Waals surface area contributed by atoms with Crippen LogP contribution in [0.15, 0.2) is 48.6 Å². The second-order valence-corrected chi connectivity index (χ2v) is 23.8. The summed E-state index contributed by atoms with van der Waals surface area (Å²) in [6, 6.07) is 0. The van der Waals surface area contributed by atoms with E-state index in [0.29, 0.717) is 23.9 Å². The van der Waals surface area contributed by atoms with Crippen molar-refractivity contribution in [1.82, 2.24) is 0 Å². The third kappa shape index (κ3) is 60.9. The fourth-order valence-corrected chi connectivity index (χ4v) is 9.77. The molecule has 0 aliphatic heterocycles. The van der Waals surface area contributed by atoms with E-state index in [9.17, 15) is 19.5 Å². The molecule has 0 spiro atoms. The molecule has 0 heterocycles. The summed E-state index contributed by atoms with van der Waals surface area (Å²) in [5.41, 5.74) is 0. The number of unbranched alkanes of at least 4 members (excludes halogenated alkanes) is 39. The van der Waals surface area contributed by atoms with Crippen molar-refractivity contribution in [3.8, 4) is 0 Å². The van der Waals surface area contributed by atoms with E-state index in [1.165, 1.54) is 225 Å². The van der Waals surface area contributed by atoms with Gasteiger partial charge in [-0.2, -0.15) is 0 Å². The number of hydrogen-bond donors (Lipinski definition) is 1. The highest BCUT2D eigenvalue weighted by Crippen LogP contribution is 2.18. The van der Waals surface area contributed by atoms with Crippen LogP contribution in [0.2, 0.25) is 0 Å². The lowest BCUT2D eigenvalue weighted by Crippen LogP contribution is -2.40. The summed E-state index contributed by atoms with van der Waals surface area (Å²) in [6.45, 7) is 4.75. The molecule has 0 amide bonds. The molecule has 9 nitrogen and oxygen atoms in total. The molecule has 1 N–H and O–H groups in total. The molecule has 0 aromatic rings. The first-order chi connectivity index (χ1) is 38.1. The molecule has 456 valence electrons. The van der Waals surface area contributed by atoms with Crippen molar-refractivity contribution in [2.24, 2.45) is 0 Å². The Morgan fingerprint density at radius 2 is 0.731 bits per heavy atom. The SMILES string of the molecule is CC/C=C\C/C=C\C/C=C\C/C=C\CCCCC(=O)OC(COC(=O)CCCCCCCCCCCCCCCCCCCCCCCCCCCCCCCCCCCCCCCC)COC(OCC[N+](C)(C)C)C(=O)O. The number of likely N-dealkylation sites (N-methyl/N-ethyl adjacent to an activating group) is 1. The molecule has 9 heteroatoms. The van der Waals surface area contributed by atoms with Crippen molar-refractivity contribution in [1.29, 1.82) is 0 Å². The van der Waals surface area contributed by atoms with Gasteiger partial charge in [0.2, 0.25) is 0 Å². The Hall–Kier alpha value is -2.75. The Morgan fingerprint density at radius 3 is 1.09 bits per heavy atom. The molecule has 0 saturated carbocycles. The molecule has 0 fully saturated rings. The largest absolute Gasteiger partial charge is 0.477 e. The number of quaternary nitrogens is 1. The lowest BCUT2D eigenvalue weighted by atomic mass is 10.0. The van der Waals surface area contributed by atoms with E-state index in [1.807, 2.05) is 21.1 Å². The Labute approximate surface area is 482 Å². The molecule has 0 rings (SSSR count). The van der Waals surface area contributed by atoms with Crippen LogP contribution in [0.1, 0.15) is 316 Å². The third-order valence-corrected chi connectivity index (χ3v) is 14.8. The molecule has 0 radical (unpaired) electrons. The number of allylic oxidation sites excluding steroid dienone is 8. The van der Waals surface area contributed by atoms with Crippen LogP contribution in [0, 0.1) is 0 Å². The van der Waals surface area contributed by atoms with E-state index in [-0.39, 0.29) is 32.2 Å². The fraction of sp³-hybridized carbons (Fsp3) is 0.841. The maximum atomic E-state index is 12.8. The molecule has 0 aromatic carbocycles. The van der Waals surface area contributed by atoms with Crippen molar-refractivity contribution in [2.75, 3.05) is 47.5 Å². The zero-order valence-electron chi connectivity index (χ0n) is 52.1. The quantitative estimate of drug-likeness (QED) is 0.0211. The first kappa shape index (κ1) is 75.2. The van der Waals surface area contributed by atoms with E-state index < -0.39 is 24.3 Å². The van der Waals surface area contributed by atoms with Crippen LogP contribution in [-0.4, -0.2) is 87.4 Å². The van der Waals surface area contributed by atoms with Crippen LogP contribution >= 0.6 is 0 Å². The predicted molar refractivity (Wildman–Crippen MR) is 332 cm³/mol. The summed E-state index contributed by atoms with van der Waals surface area (Å²) in [4.78, 5) is 37.4. The van der Waals surface area contributed by atoms with E-state index in [1.54, 1.807) is 0 Å². The third-order valence-electron chi connectivity index (χ3n) is 14.8. The molecule has 0 aliphatic rings. The summed E-state index contributed by atoms with van der Waals surface area (Å²) < 4.78 is 22.8. The van der Waals surface area contributed by atoms with Crippen molar-refractivity contribution < 1.29 is 42.9 Å². The molecular formula is C69H128NO8+. The van der Waals surface area contributed by atoms with E-state index >= 15 is 0 Å². The Balaban J connectivity index is 3.94. The highest BCUT2D eigenvalue weighted by Gasteiger charge is 2.25. The number of ether oxygens (including phenoxy) is 4. The van der Waals surface area contributed by atoms with Crippen LogP contribution in [-0.2, 0) is 33.3 Å². The monoisotopic (exact) mass is 1100 g/mol. The number of nitrogens with zero attached hydrogens (tertiary/aromatic N) is 1. The summed E-state index contributed by atoms with van der Waals surface area (Å²) in [6.07, 6.45) is 74.1. The molecule has 2 atom stereocenters. The highest BCUT2D eigenvalue weighted by molar-refractivity contribution is 5.71. The van der Waals surface area contributed by atoms with Gasteiger partial charge in [0.05, 0.1) is 34.4 Å². The van der Waals surface area contributed by atoms with Gasteiger partial charge < -0.3 is 28.5 Å². The first-order valence-electron chi connectivity index (χ1n) is 33.3. The van der Waals surface area contributed by atoms with Crippen LogP contribution in [0.3, 0.4) is 0 Å². The van der Waals surface area contributed by atoms with Gasteiger partial charge in [0, 0.05) is 12.8 Å².